The summed E-state index contributed by atoms with van der Waals surface area (Å²) in [4.78, 5) is 4.98. The van der Waals surface area contributed by atoms with Gasteiger partial charge >= 0.3 is 0 Å². The summed E-state index contributed by atoms with van der Waals surface area (Å²) in [5.41, 5.74) is 24.7. The predicted molar refractivity (Wildman–Crippen MR) is 193 cm³/mol. The van der Waals surface area contributed by atoms with E-state index in [1.807, 2.05) is 0 Å². The number of nitrogens with zero attached hydrogens (tertiary/aromatic N) is 2. The molecule has 1 saturated carbocycles. The van der Waals surface area contributed by atoms with Crippen molar-refractivity contribution in [2.75, 3.05) is 47.4 Å². The van der Waals surface area contributed by atoms with Gasteiger partial charge in [0.25, 0.3) is 0 Å². The van der Waals surface area contributed by atoms with E-state index in [-0.39, 0.29) is 0 Å². The molecule has 0 atom stereocenters. The number of anilines is 4. The molecule has 0 radical (unpaired) electrons. The predicted octanol–water partition coefficient (Wildman–Crippen LogP) is 5.42. The van der Waals surface area contributed by atoms with Crippen molar-refractivity contribution < 1.29 is 10.2 Å². The van der Waals surface area contributed by atoms with Crippen LogP contribution in [0.1, 0.15) is 58.1 Å². The zero-order valence-electron chi connectivity index (χ0n) is 27.0. The van der Waals surface area contributed by atoms with Gasteiger partial charge < -0.3 is 31.5 Å². The summed E-state index contributed by atoms with van der Waals surface area (Å²) in [6.07, 6.45) is 3.47. The van der Waals surface area contributed by atoms with Crippen LogP contribution >= 0.6 is 0 Å². The van der Waals surface area contributed by atoms with Gasteiger partial charge in [0.15, 0.2) is 0 Å². The Bertz CT molecular complexity index is 2240. The maximum absolute atomic E-state index is 14.9. The van der Waals surface area contributed by atoms with Gasteiger partial charge in [0.05, 0.1) is 11.4 Å². The van der Waals surface area contributed by atoms with Crippen LogP contribution in [0.2, 0.25) is 0 Å². The Morgan fingerprint density at radius 3 is 1.42 bits per heavy atom. The van der Waals surface area contributed by atoms with Crippen molar-refractivity contribution >= 4 is 65.8 Å². The third-order valence-corrected chi connectivity index (χ3v) is 12.9. The van der Waals surface area contributed by atoms with E-state index in [0.29, 0.717) is 11.4 Å². The standard InChI is InChI=1S/C42H38N4O2/c43-37-27-11-5-15-45-17-13-25-23-9-3-1-7-21(23)19-29(31(25)39(27)45)33(37)35-41(47)36(42(35)48)34-30-20-22-8-2-4-10-24(22)26-14-18-46-16-6-12-28(38(34)44)40(46)32(26)30/h1-4,7-10,19-20,35-36,41-42H,5-6,11-18,43-44H2/q-2. The minimum absolute atomic E-state index is 0.678. The van der Waals surface area contributed by atoms with E-state index < -0.39 is 24.0 Å². The molecule has 4 heterocycles. The molecule has 6 aromatic carbocycles. The van der Waals surface area contributed by atoms with Crippen molar-refractivity contribution in [3.8, 4) is 0 Å². The first kappa shape index (κ1) is 27.4. The van der Waals surface area contributed by atoms with Gasteiger partial charge in [0, 0.05) is 48.3 Å². The Labute approximate surface area is 279 Å². The molecule has 48 heavy (non-hydrogen) atoms. The summed E-state index contributed by atoms with van der Waals surface area (Å²) in [5, 5.41) is 39.1. The van der Waals surface area contributed by atoms with Crippen molar-refractivity contribution in [2.45, 2.75) is 62.6 Å². The highest BCUT2D eigenvalue weighted by Gasteiger charge is 2.44. The number of hydrogen-bond acceptors (Lipinski definition) is 6. The van der Waals surface area contributed by atoms with Crippen LogP contribution in [0, 0.1) is 0 Å². The van der Waals surface area contributed by atoms with Crippen LogP contribution in [0.5, 0.6) is 0 Å². The topological polar surface area (TPSA) is 105 Å². The van der Waals surface area contributed by atoms with E-state index in [0.717, 1.165) is 109 Å². The normalized spacial score (nSPS) is 24.1. The number of fused-ring (bicyclic) bond motifs is 4. The van der Waals surface area contributed by atoms with Gasteiger partial charge in [-0.2, -0.15) is 0 Å². The van der Waals surface area contributed by atoms with E-state index in [4.69, 9.17) is 11.5 Å². The Morgan fingerprint density at radius 2 is 0.958 bits per heavy atom. The smallest absolute Gasteiger partial charge is 0.0502 e. The van der Waals surface area contributed by atoms with E-state index in [2.05, 4.69) is 70.5 Å². The fraction of sp³-hybridized carbons (Fsp3) is 0.333. The van der Waals surface area contributed by atoms with Crippen LogP contribution in [-0.4, -0.2) is 38.4 Å². The van der Waals surface area contributed by atoms with E-state index in [9.17, 15) is 10.2 Å². The molecule has 0 spiro atoms. The Balaban J connectivity index is 1.15. The molecule has 0 unspecified atom stereocenters. The molecule has 6 nitrogen and oxygen atoms in total. The molecule has 5 aliphatic rings. The Kier molecular flexibility index (Phi) is 5.46. The van der Waals surface area contributed by atoms with Gasteiger partial charge in [-0.15, -0.1) is 12.2 Å². The molecular formula is C42H38N4O2-2. The quantitative estimate of drug-likeness (QED) is 0.196. The molecule has 6 aromatic rings. The first-order valence-corrected chi connectivity index (χ1v) is 17.9. The Hall–Kier alpha value is -4.52. The number of nitrogens with two attached hydrogens (primary N) is 2. The average Bonchev–Trinajstić information content (AvgIpc) is 3.13. The molecule has 240 valence electrons. The molecule has 0 bridgehead atoms. The SMILES string of the molecule is Nc1c2c3c4c(c5ccccc5cc4c1C1C([O-])C(c4c(N)c5c6c7c(c8ccccc8cc47)CCN6CCC5)C1[O-])CCN3CCC2. The molecule has 1 aliphatic carbocycles. The van der Waals surface area contributed by atoms with Crippen LogP contribution in [-0.2, 0) is 25.7 Å². The van der Waals surface area contributed by atoms with Crippen molar-refractivity contribution in [3.05, 3.63) is 94.0 Å². The fourth-order valence-electron chi connectivity index (χ4n) is 10.8. The molecule has 0 amide bonds. The van der Waals surface area contributed by atoms with E-state index in [1.165, 1.54) is 44.0 Å². The molecule has 0 aromatic heterocycles. The van der Waals surface area contributed by atoms with Gasteiger partial charge in [-0.3, -0.25) is 0 Å². The Morgan fingerprint density at radius 1 is 0.521 bits per heavy atom. The fourth-order valence-corrected chi connectivity index (χ4v) is 10.8. The van der Waals surface area contributed by atoms with E-state index >= 15 is 0 Å². The summed E-state index contributed by atoms with van der Waals surface area (Å²) >= 11 is 0. The lowest BCUT2D eigenvalue weighted by Crippen LogP contribution is -2.64. The summed E-state index contributed by atoms with van der Waals surface area (Å²) in [6.45, 7) is 3.98. The molecule has 6 heteroatoms. The highest BCUT2D eigenvalue weighted by molar-refractivity contribution is 6.14. The molecular weight excluding hydrogens is 592 g/mol. The lowest BCUT2D eigenvalue weighted by Gasteiger charge is -2.63. The maximum Gasteiger partial charge on any atom is 0.0502 e. The average molecular weight is 631 g/mol. The van der Waals surface area contributed by atoms with Gasteiger partial charge in [0.1, 0.15) is 0 Å². The summed E-state index contributed by atoms with van der Waals surface area (Å²) in [5.74, 6) is -1.44. The highest BCUT2D eigenvalue weighted by Crippen LogP contribution is 2.58. The monoisotopic (exact) mass is 630 g/mol. The number of rotatable bonds is 2. The summed E-state index contributed by atoms with van der Waals surface area (Å²) < 4.78 is 0. The van der Waals surface area contributed by atoms with Crippen molar-refractivity contribution in [3.63, 3.8) is 0 Å². The highest BCUT2D eigenvalue weighted by atomic mass is 16.3. The number of hydrogen-bond donors (Lipinski definition) is 2. The van der Waals surface area contributed by atoms with Crippen LogP contribution < -0.4 is 31.5 Å². The van der Waals surface area contributed by atoms with Crippen LogP contribution in [0.25, 0.3) is 43.1 Å². The van der Waals surface area contributed by atoms with Crippen LogP contribution in [0.15, 0.2) is 60.7 Å². The lowest BCUT2D eigenvalue weighted by atomic mass is 9.60. The van der Waals surface area contributed by atoms with Crippen molar-refractivity contribution in [1.82, 2.24) is 0 Å². The third-order valence-electron chi connectivity index (χ3n) is 12.9. The first-order chi connectivity index (χ1) is 23.5. The third kappa shape index (κ3) is 3.30. The van der Waals surface area contributed by atoms with Crippen LogP contribution in [0.3, 0.4) is 0 Å². The van der Waals surface area contributed by atoms with Crippen LogP contribution in [0.4, 0.5) is 22.7 Å². The largest absolute Gasteiger partial charge is 0.851 e. The zero-order chi connectivity index (χ0) is 32.0. The second kappa shape index (κ2) is 9.55. The van der Waals surface area contributed by atoms with E-state index in [1.54, 1.807) is 0 Å². The van der Waals surface area contributed by atoms with Gasteiger partial charge in [-0.25, -0.2) is 0 Å². The van der Waals surface area contributed by atoms with Gasteiger partial charge in [-0.1, -0.05) is 48.5 Å². The van der Waals surface area contributed by atoms with Gasteiger partial charge in [0.2, 0.25) is 0 Å². The number of benzene rings is 6. The zero-order valence-corrected chi connectivity index (χ0v) is 27.0. The molecule has 4 aliphatic heterocycles. The minimum atomic E-state index is -1.13. The molecule has 0 saturated heterocycles. The van der Waals surface area contributed by atoms with Crippen molar-refractivity contribution in [1.29, 1.82) is 0 Å². The summed E-state index contributed by atoms with van der Waals surface area (Å²) in [6, 6.07) is 21.5. The number of nitrogen functional groups attached to an aromatic ring is 2. The van der Waals surface area contributed by atoms with Crippen molar-refractivity contribution in [2.24, 2.45) is 0 Å². The first-order valence-electron chi connectivity index (χ1n) is 17.9. The molecule has 1 fully saturated rings. The second-order valence-corrected chi connectivity index (χ2v) is 15.0. The lowest BCUT2D eigenvalue weighted by molar-refractivity contribution is -0.535. The van der Waals surface area contributed by atoms with Gasteiger partial charge in [-0.05, 0) is 128 Å². The maximum atomic E-state index is 14.9. The molecule has 4 N–H and O–H groups in total. The second-order valence-electron chi connectivity index (χ2n) is 15.0. The minimum Gasteiger partial charge on any atom is -0.851 e. The molecule has 11 rings (SSSR count). The summed E-state index contributed by atoms with van der Waals surface area (Å²) in [7, 11) is 0.